The largest absolute Gasteiger partial charge is 0.508 e. The second kappa shape index (κ2) is 9.74. The number of aromatic hydroxyl groups is 1. The number of aliphatic hydroxyl groups is 3. The van der Waals surface area contributed by atoms with E-state index in [2.05, 4.69) is 0 Å². The lowest BCUT2D eigenvalue weighted by atomic mass is 9.57. The molecule has 0 aromatic heterocycles. The summed E-state index contributed by atoms with van der Waals surface area (Å²) in [6.07, 6.45) is 0.726. The number of hydrogen-bond donors (Lipinski definition) is 5. The molecule has 0 heterocycles. The lowest BCUT2D eigenvalue weighted by Crippen LogP contribution is -2.65. The van der Waals surface area contributed by atoms with Crippen molar-refractivity contribution in [2.45, 2.75) is 37.8 Å². The van der Waals surface area contributed by atoms with Crippen LogP contribution in [-0.4, -0.2) is 82.6 Å². The number of phenolic OH excluding ortho intramolecular Hbond substituents is 1. The number of nitrogens with zero attached hydrogens (tertiary/aromatic N) is 2. The van der Waals surface area contributed by atoms with Gasteiger partial charge < -0.3 is 31.1 Å². The number of phenols is 1. The third-order valence-corrected chi connectivity index (χ3v) is 8.88. The number of Topliss-reactive ketones (excluding diaryl/α,β-unsaturated/α-hetero) is 2. The summed E-state index contributed by atoms with van der Waals surface area (Å²) in [5.41, 5.74) is 5.71. The molecule has 0 aliphatic heterocycles. The molecule has 0 unspecified atom stereocenters. The second-order valence-corrected chi connectivity index (χ2v) is 11.5. The predicted octanol–water partition coefficient (Wildman–Crippen LogP) is 2.26. The van der Waals surface area contributed by atoms with Gasteiger partial charge in [0.25, 0.3) is 5.91 Å². The molecule has 3 aliphatic carbocycles. The first-order valence-corrected chi connectivity index (χ1v) is 13.6. The summed E-state index contributed by atoms with van der Waals surface area (Å²) < 4.78 is 0. The number of anilines is 1. The van der Waals surface area contributed by atoms with Crippen LogP contribution in [-0.2, 0) is 27.2 Å². The van der Waals surface area contributed by atoms with Gasteiger partial charge in [-0.25, -0.2) is 0 Å². The highest BCUT2D eigenvalue weighted by Crippen LogP contribution is 2.54. The van der Waals surface area contributed by atoms with Gasteiger partial charge in [0.15, 0.2) is 11.4 Å². The summed E-state index contributed by atoms with van der Waals surface area (Å²) in [6.45, 7) is 1.86. The van der Waals surface area contributed by atoms with Crippen LogP contribution < -0.4 is 10.6 Å². The zero-order valence-electron chi connectivity index (χ0n) is 23.7. The minimum Gasteiger partial charge on any atom is -0.508 e. The number of nitrogens with two attached hydrogens (primary N) is 1. The first-order valence-electron chi connectivity index (χ1n) is 13.6. The maximum absolute atomic E-state index is 14.1. The summed E-state index contributed by atoms with van der Waals surface area (Å²) in [5, 5.41) is 45.7. The van der Waals surface area contributed by atoms with Crippen molar-refractivity contribution in [1.29, 1.82) is 0 Å². The number of aryl methyl sites for hydroxylation is 1. The Bertz CT molecular complexity index is 1550. The molecular formula is C31H35N3O7. The van der Waals surface area contributed by atoms with Crippen molar-refractivity contribution >= 4 is 28.9 Å². The highest BCUT2D eigenvalue weighted by atomic mass is 16.3. The fourth-order valence-corrected chi connectivity index (χ4v) is 6.83. The van der Waals surface area contributed by atoms with Gasteiger partial charge in [0, 0.05) is 31.3 Å². The molecule has 1 saturated carbocycles. The number of aliphatic hydroxyl groups excluding tert-OH is 2. The van der Waals surface area contributed by atoms with Crippen molar-refractivity contribution in [3.63, 3.8) is 0 Å². The van der Waals surface area contributed by atoms with Gasteiger partial charge in [-0.1, -0.05) is 19.1 Å². The van der Waals surface area contributed by atoms with E-state index in [0.717, 1.165) is 16.8 Å². The number of ketones is 2. The van der Waals surface area contributed by atoms with E-state index >= 15 is 0 Å². The van der Waals surface area contributed by atoms with Gasteiger partial charge in [-0.05, 0) is 79.7 Å². The smallest absolute Gasteiger partial charge is 0.255 e. The Morgan fingerprint density at radius 3 is 2.24 bits per heavy atom. The molecule has 5 rings (SSSR count). The SMILES string of the molecule is CCc1cc(-c2ccc(N(C)C)cc2)c2c(c1O)C(O)=C1C(=O)[C@]3(O)C(O)=C(C(N)=O)C(=O)[C@@H](N(C)C)[C@@H]3C[C@@H]1C2. The fourth-order valence-electron chi connectivity index (χ4n) is 6.83. The maximum Gasteiger partial charge on any atom is 0.255 e. The zero-order valence-corrected chi connectivity index (χ0v) is 23.7. The Hall–Kier alpha value is -4.15. The average molecular weight is 562 g/mol. The van der Waals surface area contributed by atoms with Gasteiger partial charge in [-0.15, -0.1) is 0 Å². The van der Waals surface area contributed by atoms with E-state index in [9.17, 15) is 34.8 Å². The quantitative estimate of drug-likeness (QED) is 0.344. The van der Waals surface area contributed by atoms with Crippen molar-refractivity contribution in [2.24, 2.45) is 17.6 Å². The maximum atomic E-state index is 14.1. The molecule has 41 heavy (non-hydrogen) atoms. The molecule has 216 valence electrons. The molecule has 1 amide bonds. The molecule has 2 aromatic rings. The Morgan fingerprint density at radius 2 is 1.71 bits per heavy atom. The minimum absolute atomic E-state index is 0.0427. The van der Waals surface area contributed by atoms with Gasteiger partial charge >= 0.3 is 0 Å². The number of likely N-dealkylation sites (N-methyl/N-ethyl adjacent to an activating group) is 1. The number of carbonyl (C=O) groups excluding carboxylic acids is 3. The van der Waals surface area contributed by atoms with Crippen molar-refractivity contribution in [2.75, 3.05) is 33.1 Å². The lowest BCUT2D eigenvalue weighted by Gasteiger charge is -2.50. The van der Waals surface area contributed by atoms with Gasteiger partial charge in [-0.3, -0.25) is 19.3 Å². The Labute approximate surface area is 238 Å². The summed E-state index contributed by atoms with van der Waals surface area (Å²) in [7, 11) is 7.03. The number of rotatable bonds is 5. The van der Waals surface area contributed by atoms with E-state index in [1.54, 1.807) is 14.1 Å². The zero-order chi connectivity index (χ0) is 30.1. The van der Waals surface area contributed by atoms with Crippen LogP contribution in [0.5, 0.6) is 5.75 Å². The van der Waals surface area contributed by atoms with Crippen LogP contribution in [0.3, 0.4) is 0 Å². The van der Waals surface area contributed by atoms with Crippen LogP contribution in [0, 0.1) is 11.8 Å². The van der Waals surface area contributed by atoms with Crippen LogP contribution in [0.4, 0.5) is 5.69 Å². The monoisotopic (exact) mass is 561 g/mol. The molecule has 0 radical (unpaired) electrons. The van der Waals surface area contributed by atoms with Gasteiger partial charge in [0.2, 0.25) is 5.78 Å². The number of primary amides is 1. The number of fused-ring (bicyclic) bond motifs is 3. The van der Waals surface area contributed by atoms with Gasteiger partial charge in [-0.2, -0.15) is 0 Å². The van der Waals surface area contributed by atoms with Crippen LogP contribution in [0.15, 0.2) is 47.2 Å². The summed E-state index contributed by atoms with van der Waals surface area (Å²) >= 11 is 0. The van der Waals surface area contributed by atoms with E-state index in [1.807, 2.05) is 56.3 Å². The van der Waals surface area contributed by atoms with Gasteiger partial charge in [0.05, 0.1) is 11.6 Å². The standard InChI is InChI=1S/C31H35N3O7/c1-6-14-11-18(15-7-9-17(10-8-15)33(2)3)19-12-16-13-20-24(34(4)5)27(37)23(30(32)40)29(39)31(20,41)28(38)21(16)26(36)22(19)25(14)35/h7-11,16,20,24,35-36,39,41H,6,12-13H2,1-5H3,(H2,32,40)/t16-,20-,24-,31-/m0/s1. The Balaban J connectivity index is 1.75. The van der Waals surface area contributed by atoms with E-state index in [-0.39, 0.29) is 29.7 Å². The first-order chi connectivity index (χ1) is 19.2. The minimum atomic E-state index is -2.66. The fraction of sp³-hybridized carbons (Fsp3) is 0.387. The van der Waals surface area contributed by atoms with Gasteiger partial charge in [0.1, 0.15) is 22.8 Å². The van der Waals surface area contributed by atoms with Crippen molar-refractivity contribution in [1.82, 2.24) is 4.90 Å². The second-order valence-electron chi connectivity index (χ2n) is 11.5. The molecule has 0 spiro atoms. The van der Waals surface area contributed by atoms with Crippen LogP contribution in [0.1, 0.15) is 30.0 Å². The molecule has 2 aromatic carbocycles. The van der Waals surface area contributed by atoms with E-state index in [0.29, 0.717) is 17.5 Å². The molecule has 3 aliphatic rings. The van der Waals surface area contributed by atoms with Crippen LogP contribution >= 0.6 is 0 Å². The topological polar surface area (TPSA) is 165 Å². The van der Waals surface area contributed by atoms with Crippen molar-refractivity contribution in [3.8, 4) is 16.9 Å². The van der Waals surface area contributed by atoms with Crippen molar-refractivity contribution in [3.05, 3.63) is 63.9 Å². The first kappa shape index (κ1) is 28.4. The highest BCUT2D eigenvalue weighted by Gasteiger charge is 2.64. The molecule has 10 heteroatoms. The van der Waals surface area contributed by atoms with E-state index < -0.39 is 58.0 Å². The molecule has 1 fully saturated rings. The van der Waals surface area contributed by atoms with Crippen molar-refractivity contribution < 1.29 is 34.8 Å². The number of amides is 1. The normalized spacial score (nSPS) is 25.7. The molecule has 10 nitrogen and oxygen atoms in total. The van der Waals surface area contributed by atoms with E-state index in [1.165, 1.54) is 4.90 Å². The third kappa shape index (κ3) is 3.96. The number of carbonyl (C=O) groups is 3. The molecular weight excluding hydrogens is 526 g/mol. The van der Waals surface area contributed by atoms with E-state index in [4.69, 9.17) is 5.73 Å². The summed E-state index contributed by atoms with van der Waals surface area (Å²) in [6, 6.07) is 8.61. The predicted molar refractivity (Wildman–Crippen MR) is 153 cm³/mol. The molecule has 6 N–H and O–H groups in total. The number of benzene rings is 2. The molecule has 4 atom stereocenters. The number of hydrogen-bond acceptors (Lipinski definition) is 9. The summed E-state index contributed by atoms with van der Waals surface area (Å²) in [5.74, 6) is -6.55. The highest BCUT2D eigenvalue weighted by molar-refractivity contribution is 6.24. The summed E-state index contributed by atoms with van der Waals surface area (Å²) in [4.78, 5) is 43.0. The Kier molecular flexibility index (Phi) is 6.74. The molecule has 0 saturated heterocycles. The third-order valence-electron chi connectivity index (χ3n) is 8.88. The Morgan fingerprint density at radius 1 is 1.07 bits per heavy atom. The lowest BCUT2D eigenvalue weighted by molar-refractivity contribution is -0.153. The van der Waals surface area contributed by atoms with Crippen LogP contribution in [0.25, 0.3) is 16.9 Å². The van der Waals surface area contributed by atoms with Crippen LogP contribution in [0.2, 0.25) is 0 Å². The average Bonchev–Trinajstić information content (AvgIpc) is 2.90. The molecule has 0 bridgehead atoms.